The molecule has 0 fully saturated rings. The Bertz CT molecular complexity index is 418. The van der Waals surface area contributed by atoms with Crippen molar-refractivity contribution in [3.8, 4) is 5.75 Å². The molecule has 0 bridgehead atoms. The van der Waals surface area contributed by atoms with E-state index in [1.165, 1.54) is 0 Å². The predicted molar refractivity (Wildman–Crippen MR) is 73.4 cm³/mol. The van der Waals surface area contributed by atoms with Gasteiger partial charge in [-0.15, -0.1) is 0 Å². The Morgan fingerprint density at radius 2 is 1.95 bits per heavy atom. The van der Waals surface area contributed by atoms with Gasteiger partial charge in [-0.25, -0.2) is 0 Å². The van der Waals surface area contributed by atoms with Gasteiger partial charge in [-0.3, -0.25) is 0 Å². The molecule has 0 unspecified atom stereocenters. The number of ether oxygens (including phenoxy) is 3. The van der Waals surface area contributed by atoms with E-state index in [-0.39, 0.29) is 0 Å². The van der Waals surface area contributed by atoms with E-state index in [1.54, 1.807) is 14.0 Å². The highest BCUT2D eigenvalue weighted by Gasteiger charge is 2.07. The summed E-state index contributed by atoms with van der Waals surface area (Å²) in [5, 5.41) is 12.1. The van der Waals surface area contributed by atoms with Crippen LogP contribution in [0.15, 0.2) is 23.4 Å². The zero-order valence-electron chi connectivity index (χ0n) is 11.7. The van der Waals surface area contributed by atoms with Gasteiger partial charge in [0.15, 0.2) is 0 Å². The molecule has 0 saturated carbocycles. The maximum absolute atomic E-state index is 8.87. The fourth-order valence-corrected chi connectivity index (χ4v) is 1.56. The fraction of sp³-hybridized carbons (Fsp3) is 0.500. The van der Waals surface area contributed by atoms with Crippen LogP contribution in [0.25, 0.3) is 0 Å². The first-order chi connectivity index (χ1) is 9.19. The van der Waals surface area contributed by atoms with Crippen LogP contribution in [0.5, 0.6) is 5.75 Å². The monoisotopic (exact) mass is 267 g/mol. The summed E-state index contributed by atoms with van der Waals surface area (Å²) < 4.78 is 15.8. The van der Waals surface area contributed by atoms with Crippen molar-refractivity contribution < 1.29 is 19.4 Å². The van der Waals surface area contributed by atoms with Crippen molar-refractivity contribution in [3.05, 3.63) is 29.3 Å². The lowest BCUT2D eigenvalue weighted by Crippen LogP contribution is -2.11. The van der Waals surface area contributed by atoms with Crippen molar-refractivity contribution in [3.63, 3.8) is 0 Å². The predicted octanol–water partition coefficient (Wildman–Crippen LogP) is 2.24. The Hall–Kier alpha value is -1.59. The van der Waals surface area contributed by atoms with Crippen LogP contribution in [0, 0.1) is 6.92 Å². The van der Waals surface area contributed by atoms with Crippen LogP contribution < -0.4 is 4.74 Å². The summed E-state index contributed by atoms with van der Waals surface area (Å²) in [6.45, 7) is 5.77. The van der Waals surface area contributed by atoms with Crippen LogP contribution >= 0.6 is 0 Å². The molecular formula is C14H21NO4. The maximum Gasteiger partial charge on any atom is 0.128 e. The molecule has 0 aliphatic carbocycles. The van der Waals surface area contributed by atoms with Gasteiger partial charge in [-0.05, 0) is 26.0 Å². The highest BCUT2D eigenvalue weighted by atomic mass is 16.5. The van der Waals surface area contributed by atoms with Crippen LogP contribution in [-0.4, -0.2) is 44.5 Å². The number of hydrogen-bond acceptors (Lipinski definition) is 5. The van der Waals surface area contributed by atoms with Crippen molar-refractivity contribution >= 4 is 5.71 Å². The van der Waals surface area contributed by atoms with Crippen molar-refractivity contribution in [2.24, 2.45) is 5.16 Å². The molecule has 5 heteroatoms. The summed E-state index contributed by atoms with van der Waals surface area (Å²) in [6.07, 6.45) is 0. The number of hydrogen-bond donors (Lipinski definition) is 1. The van der Waals surface area contributed by atoms with Crippen LogP contribution in [0.3, 0.4) is 0 Å². The van der Waals surface area contributed by atoms with E-state index in [2.05, 4.69) is 5.16 Å². The van der Waals surface area contributed by atoms with Crippen molar-refractivity contribution in [2.45, 2.75) is 13.8 Å². The lowest BCUT2D eigenvalue weighted by molar-refractivity contribution is 0.0544. The first-order valence-corrected chi connectivity index (χ1v) is 6.18. The molecule has 0 aromatic heterocycles. The van der Waals surface area contributed by atoms with Crippen LogP contribution in [0.1, 0.15) is 18.1 Å². The van der Waals surface area contributed by atoms with Gasteiger partial charge in [0.25, 0.3) is 0 Å². The van der Waals surface area contributed by atoms with Crippen LogP contribution in [0.4, 0.5) is 0 Å². The smallest absolute Gasteiger partial charge is 0.128 e. The third-order valence-corrected chi connectivity index (χ3v) is 2.59. The molecule has 0 heterocycles. The topological polar surface area (TPSA) is 60.3 Å². The van der Waals surface area contributed by atoms with Crippen LogP contribution in [0.2, 0.25) is 0 Å². The average Bonchev–Trinajstić information content (AvgIpc) is 2.43. The highest BCUT2D eigenvalue weighted by Crippen LogP contribution is 2.20. The Morgan fingerprint density at radius 3 is 2.63 bits per heavy atom. The summed E-state index contributed by atoms with van der Waals surface area (Å²) in [6, 6.07) is 5.75. The molecular weight excluding hydrogens is 246 g/mol. The van der Waals surface area contributed by atoms with Gasteiger partial charge in [-0.2, -0.15) is 0 Å². The van der Waals surface area contributed by atoms with Gasteiger partial charge in [0.2, 0.25) is 0 Å². The van der Waals surface area contributed by atoms with E-state index >= 15 is 0 Å². The second-order valence-electron chi connectivity index (χ2n) is 4.14. The quantitative estimate of drug-likeness (QED) is 0.339. The average molecular weight is 267 g/mol. The molecule has 0 atom stereocenters. The van der Waals surface area contributed by atoms with Gasteiger partial charge in [0, 0.05) is 12.7 Å². The molecule has 1 rings (SSSR count). The molecule has 0 aliphatic rings. The Kier molecular flexibility index (Phi) is 6.92. The molecule has 0 saturated heterocycles. The third-order valence-electron chi connectivity index (χ3n) is 2.59. The largest absolute Gasteiger partial charge is 0.490 e. The molecule has 5 nitrogen and oxygen atoms in total. The Labute approximate surface area is 113 Å². The van der Waals surface area contributed by atoms with E-state index in [1.807, 2.05) is 25.1 Å². The second-order valence-corrected chi connectivity index (χ2v) is 4.14. The van der Waals surface area contributed by atoms with Gasteiger partial charge >= 0.3 is 0 Å². The number of oxime groups is 1. The highest BCUT2D eigenvalue weighted by molar-refractivity contribution is 6.00. The minimum absolute atomic E-state index is 0.443. The lowest BCUT2D eigenvalue weighted by Gasteiger charge is -2.12. The molecule has 1 aromatic carbocycles. The minimum atomic E-state index is 0.443. The van der Waals surface area contributed by atoms with E-state index in [0.29, 0.717) is 37.9 Å². The number of rotatable bonds is 8. The molecule has 0 spiro atoms. The molecule has 1 N–H and O–H groups in total. The van der Waals surface area contributed by atoms with E-state index in [4.69, 9.17) is 19.4 Å². The van der Waals surface area contributed by atoms with Crippen molar-refractivity contribution in [1.29, 1.82) is 0 Å². The van der Waals surface area contributed by atoms with E-state index in [9.17, 15) is 0 Å². The molecule has 1 aromatic rings. The first kappa shape index (κ1) is 15.5. The van der Waals surface area contributed by atoms with Gasteiger partial charge in [0.1, 0.15) is 12.4 Å². The lowest BCUT2D eigenvalue weighted by atomic mass is 10.1. The first-order valence-electron chi connectivity index (χ1n) is 6.18. The summed E-state index contributed by atoms with van der Waals surface area (Å²) in [4.78, 5) is 0. The molecule has 0 amide bonds. The summed E-state index contributed by atoms with van der Waals surface area (Å²) in [5.74, 6) is 0.691. The molecule has 0 radical (unpaired) electrons. The van der Waals surface area contributed by atoms with E-state index < -0.39 is 0 Å². The fourth-order valence-electron chi connectivity index (χ4n) is 1.56. The Balaban J connectivity index is 2.53. The zero-order valence-corrected chi connectivity index (χ0v) is 11.7. The minimum Gasteiger partial charge on any atom is -0.490 e. The summed E-state index contributed by atoms with van der Waals surface area (Å²) >= 11 is 0. The summed E-state index contributed by atoms with van der Waals surface area (Å²) in [7, 11) is 1.63. The number of aryl methyl sites for hydroxylation is 1. The van der Waals surface area contributed by atoms with Crippen molar-refractivity contribution in [2.75, 3.05) is 33.5 Å². The maximum atomic E-state index is 8.87. The SMILES string of the molecule is COCCOCCOc1ccc(C)cc1C(C)=NO. The molecule has 0 aliphatic heterocycles. The number of methoxy groups -OCH3 is 1. The normalized spacial score (nSPS) is 11.6. The zero-order chi connectivity index (χ0) is 14.1. The van der Waals surface area contributed by atoms with E-state index in [0.717, 1.165) is 11.1 Å². The van der Waals surface area contributed by atoms with Gasteiger partial charge in [-0.1, -0.05) is 16.8 Å². The third kappa shape index (κ3) is 5.28. The van der Waals surface area contributed by atoms with Gasteiger partial charge < -0.3 is 19.4 Å². The standard InChI is InChI=1S/C14H21NO4/c1-11-4-5-14(13(10-11)12(2)15-16)19-9-8-18-7-6-17-3/h4-5,10,16H,6-9H2,1-3H3. The number of nitrogens with zero attached hydrogens (tertiary/aromatic N) is 1. The van der Waals surface area contributed by atoms with Crippen LogP contribution in [-0.2, 0) is 9.47 Å². The van der Waals surface area contributed by atoms with Gasteiger partial charge in [0.05, 0.1) is 25.5 Å². The Morgan fingerprint density at radius 1 is 1.21 bits per heavy atom. The second kappa shape index (κ2) is 8.50. The number of benzene rings is 1. The molecule has 106 valence electrons. The van der Waals surface area contributed by atoms with Crippen molar-refractivity contribution in [1.82, 2.24) is 0 Å². The summed E-state index contributed by atoms with van der Waals surface area (Å²) in [5.41, 5.74) is 2.40. The molecule has 19 heavy (non-hydrogen) atoms.